The fourth-order valence-electron chi connectivity index (χ4n) is 2.38. The number of rotatable bonds is 5. The lowest BCUT2D eigenvalue weighted by molar-refractivity contribution is -0.221. The number of carbonyl (C=O) groups is 1. The van der Waals surface area contributed by atoms with Crippen LogP contribution in [0.25, 0.3) is 0 Å². The lowest BCUT2D eigenvalue weighted by atomic mass is 9.96. The lowest BCUT2D eigenvalue weighted by Crippen LogP contribution is -2.33. The molecule has 1 aromatic carbocycles. The zero-order chi connectivity index (χ0) is 15.4. The maximum Gasteiger partial charge on any atom is 0.309 e. The Kier molecular flexibility index (Phi) is 5.20. The Morgan fingerprint density at radius 3 is 3.00 bits per heavy atom. The zero-order valence-corrected chi connectivity index (χ0v) is 12.5. The van der Waals surface area contributed by atoms with Crippen LogP contribution in [0.2, 0.25) is 5.02 Å². The van der Waals surface area contributed by atoms with Crippen molar-refractivity contribution < 1.29 is 19.7 Å². The second-order valence-electron chi connectivity index (χ2n) is 5.09. The number of halogens is 1. The third-order valence-corrected chi connectivity index (χ3v) is 4.02. The van der Waals surface area contributed by atoms with Gasteiger partial charge in [0.2, 0.25) is 0 Å². The number of aliphatic carboxylic acids is 1. The van der Waals surface area contributed by atoms with Crippen molar-refractivity contribution in [3.63, 3.8) is 0 Å². The van der Waals surface area contributed by atoms with Crippen LogP contribution in [0.4, 0.5) is 5.69 Å². The van der Waals surface area contributed by atoms with Crippen LogP contribution in [0, 0.1) is 12.8 Å². The molecule has 1 aromatic rings. The summed E-state index contributed by atoms with van der Waals surface area (Å²) in [6.07, 6.45) is 0.932. The minimum Gasteiger partial charge on any atom is -0.862 e. The van der Waals surface area contributed by atoms with Crippen LogP contribution in [-0.2, 0) is 9.53 Å². The molecule has 114 valence electrons. The maximum atomic E-state index is 12.0. The summed E-state index contributed by atoms with van der Waals surface area (Å²) in [6, 6.07) is 5.10. The predicted octanol–water partition coefficient (Wildman–Crippen LogP) is 2.31. The van der Waals surface area contributed by atoms with Crippen molar-refractivity contribution in [1.29, 1.82) is 0 Å². The minimum absolute atomic E-state index is 0.161. The summed E-state index contributed by atoms with van der Waals surface area (Å²) in [5.74, 6) is -2.33. The maximum absolute atomic E-state index is 12.0. The fraction of sp³-hybridized carbons (Fsp3) is 0.467. The van der Waals surface area contributed by atoms with E-state index < -0.39 is 23.9 Å². The quantitative estimate of drug-likeness (QED) is 0.668. The molecule has 0 spiro atoms. The number of hydrogen-bond donors (Lipinski definition) is 1. The van der Waals surface area contributed by atoms with E-state index in [1.54, 1.807) is 25.1 Å². The molecule has 1 aliphatic rings. The van der Waals surface area contributed by atoms with E-state index in [-0.39, 0.29) is 6.42 Å². The SMILES string of the molecule is Cc1c(Cl)cccc1N=C([O-])C[C@H](C(=O)O)[C@H]1CCCO1. The molecule has 1 fully saturated rings. The number of aliphatic imine (C=N–C) groups is 1. The topological polar surface area (TPSA) is 82.0 Å². The van der Waals surface area contributed by atoms with E-state index in [0.29, 0.717) is 29.3 Å². The summed E-state index contributed by atoms with van der Waals surface area (Å²) in [6.45, 7) is 2.32. The summed E-state index contributed by atoms with van der Waals surface area (Å²) in [4.78, 5) is 15.3. The third kappa shape index (κ3) is 3.95. The molecule has 2 rings (SSSR count). The molecule has 5 nitrogen and oxygen atoms in total. The first-order valence-electron chi connectivity index (χ1n) is 6.83. The first-order chi connectivity index (χ1) is 9.99. The average Bonchev–Trinajstić information content (AvgIpc) is 2.95. The van der Waals surface area contributed by atoms with Crippen LogP contribution < -0.4 is 5.11 Å². The highest BCUT2D eigenvalue weighted by atomic mass is 35.5. The van der Waals surface area contributed by atoms with Crippen LogP contribution in [0.5, 0.6) is 0 Å². The molecule has 1 heterocycles. The first kappa shape index (κ1) is 15.8. The number of nitrogens with zero attached hydrogens (tertiary/aromatic N) is 1. The lowest BCUT2D eigenvalue weighted by Gasteiger charge is -2.22. The Labute approximate surface area is 128 Å². The van der Waals surface area contributed by atoms with Gasteiger partial charge >= 0.3 is 5.97 Å². The summed E-state index contributed by atoms with van der Waals surface area (Å²) < 4.78 is 5.37. The number of carboxylic acids is 1. The van der Waals surface area contributed by atoms with Gasteiger partial charge in [0.05, 0.1) is 17.7 Å². The van der Waals surface area contributed by atoms with Gasteiger partial charge in [-0.3, -0.25) is 9.79 Å². The minimum atomic E-state index is -1.02. The van der Waals surface area contributed by atoms with Crippen molar-refractivity contribution in [3.05, 3.63) is 28.8 Å². The van der Waals surface area contributed by atoms with Crippen molar-refractivity contribution >= 4 is 29.2 Å². The smallest absolute Gasteiger partial charge is 0.309 e. The first-order valence-corrected chi connectivity index (χ1v) is 7.21. The average molecular weight is 311 g/mol. The van der Waals surface area contributed by atoms with Gasteiger partial charge in [-0.2, -0.15) is 0 Å². The van der Waals surface area contributed by atoms with E-state index in [9.17, 15) is 15.0 Å². The van der Waals surface area contributed by atoms with Gasteiger partial charge in [-0.05, 0) is 49.8 Å². The molecule has 0 amide bonds. The van der Waals surface area contributed by atoms with Gasteiger partial charge in [0, 0.05) is 11.6 Å². The van der Waals surface area contributed by atoms with Crippen LogP contribution >= 0.6 is 11.6 Å². The zero-order valence-electron chi connectivity index (χ0n) is 11.7. The normalized spacial score (nSPS) is 20.5. The van der Waals surface area contributed by atoms with Crippen LogP contribution in [0.1, 0.15) is 24.8 Å². The Hall–Kier alpha value is -1.59. The molecule has 0 radical (unpaired) electrons. The molecular formula is C15H17ClNO4-. The Bertz CT molecular complexity index is 553. The van der Waals surface area contributed by atoms with Gasteiger partial charge in [-0.15, -0.1) is 0 Å². The predicted molar refractivity (Wildman–Crippen MR) is 78.0 cm³/mol. The Morgan fingerprint density at radius 1 is 1.62 bits per heavy atom. The second-order valence-corrected chi connectivity index (χ2v) is 5.50. The summed E-state index contributed by atoms with van der Waals surface area (Å²) in [5.41, 5.74) is 1.18. The van der Waals surface area contributed by atoms with Crippen molar-refractivity contribution in [2.75, 3.05) is 6.61 Å². The molecular weight excluding hydrogens is 294 g/mol. The number of hydrogen-bond acceptors (Lipinski definition) is 4. The molecule has 0 aromatic heterocycles. The van der Waals surface area contributed by atoms with E-state index in [1.165, 1.54) is 0 Å². The number of carboxylic acid groups (broad SMARTS) is 1. The van der Waals surface area contributed by atoms with E-state index in [1.807, 2.05) is 0 Å². The molecule has 6 heteroatoms. The molecule has 21 heavy (non-hydrogen) atoms. The van der Waals surface area contributed by atoms with Gasteiger partial charge in [0.25, 0.3) is 0 Å². The largest absolute Gasteiger partial charge is 0.862 e. The van der Waals surface area contributed by atoms with Crippen LogP contribution in [-0.4, -0.2) is 29.7 Å². The van der Waals surface area contributed by atoms with E-state index in [2.05, 4.69) is 4.99 Å². The van der Waals surface area contributed by atoms with E-state index >= 15 is 0 Å². The van der Waals surface area contributed by atoms with Crippen molar-refractivity contribution in [2.45, 2.75) is 32.3 Å². The van der Waals surface area contributed by atoms with Crippen molar-refractivity contribution in [2.24, 2.45) is 10.9 Å². The second kappa shape index (κ2) is 6.91. The Morgan fingerprint density at radius 2 is 2.38 bits per heavy atom. The molecule has 0 unspecified atom stereocenters. The highest BCUT2D eigenvalue weighted by Crippen LogP contribution is 2.27. The van der Waals surface area contributed by atoms with Crippen LogP contribution in [0.3, 0.4) is 0 Å². The third-order valence-electron chi connectivity index (χ3n) is 3.61. The molecule has 1 saturated heterocycles. The summed E-state index contributed by atoms with van der Waals surface area (Å²) in [7, 11) is 0. The monoisotopic (exact) mass is 310 g/mol. The number of benzene rings is 1. The van der Waals surface area contributed by atoms with Crippen molar-refractivity contribution in [1.82, 2.24) is 0 Å². The number of ether oxygens (including phenoxy) is 1. The molecule has 0 aliphatic carbocycles. The summed E-state index contributed by atoms with van der Waals surface area (Å²) in [5, 5.41) is 21.8. The Balaban J connectivity index is 2.14. The van der Waals surface area contributed by atoms with Gasteiger partial charge in [0.15, 0.2) is 0 Å². The van der Waals surface area contributed by atoms with Gasteiger partial charge in [-0.1, -0.05) is 17.7 Å². The molecule has 2 atom stereocenters. The fourth-order valence-corrected chi connectivity index (χ4v) is 2.55. The standard InChI is InChI=1S/C15H18ClNO4/c1-9-11(16)4-2-5-12(9)17-14(18)8-10(15(19)20)13-6-3-7-21-13/h2,4-5,10,13H,3,6-8H2,1H3,(H,17,18)(H,19,20)/p-1/t10-,13+/m0/s1. The van der Waals surface area contributed by atoms with Gasteiger partial charge < -0.3 is 14.9 Å². The van der Waals surface area contributed by atoms with Gasteiger partial charge in [0.1, 0.15) is 0 Å². The van der Waals surface area contributed by atoms with Crippen molar-refractivity contribution in [3.8, 4) is 0 Å². The summed E-state index contributed by atoms with van der Waals surface area (Å²) >= 11 is 5.97. The highest BCUT2D eigenvalue weighted by molar-refractivity contribution is 6.31. The van der Waals surface area contributed by atoms with Crippen LogP contribution in [0.15, 0.2) is 23.2 Å². The molecule has 1 N–H and O–H groups in total. The van der Waals surface area contributed by atoms with E-state index in [0.717, 1.165) is 6.42 Å². The molecule has 0 saturated carbocycles. The molecule has 0 bridgehead atoms. The van der Waals surface area contributed by atoms with E-state index in [4.69, 9.17) is 16.3 Å². The van der Waals surface area contributed by atoms with Gasteiger partial charge in [-0.25, -0.2) is 0 Å². The highest BCUT2D eigenvalue weighted by Gasteiger charge is 2.31. The molecule has 1 aliphatic heterocycles.